The predicted octanol–water partition coefficient (Wildman–Crippen LogP) is 3.37. The van der Waals surface area contributed by atoms with Gasteiger partial charge < -0.3 is 10.7 Å². The van der Waals surface area contributed by atoms with E-state index in [9.17, 15) is 14.0 Å². The minimum absolute atomic E-state index is 0.0437. The van der Waals surface area contributed by atoms with E-state index in [1.165, 1.54) is 24.3 Å². The van der Waals surface area contributed by atoms with Gasteiger partial charge in [0.05, 0.1) is 6.42 Å². The summed E-state index contributed by atoms with van der Waals surface area (Å²) in [5, 5.41) is 2.60. The van der Waals surface area contributed by atoms with Gasteiger partial charge in [-0.3, -0.25) is 15.0 Å². The monoisotopic (exact) mass is 391 g/mol. The third-order valence-electron chi connectivity index (χ3n) is 2.96. The maximum Gasteiger partial charge on any atom is 0.269 e. The quantitative estimate of drug-likeness (QED) is 0.661. The van der Waals surface area contributed by atoms with Crippen molar-refractivity contribution in [3.63, 3.8) is 0 Å². The van der Waals surface area contributed by atoms with Crippen LogP contribution < -0.4 is 16.2 Å². The summed E-state index contributed by atoms with van der Waals surface area (Å²) in [6.07, 6.45) is -0.0437. The first-order chi connectivity index (χ1) is 11.4. The maximum absolute atomic E-state index is 12.8. The average molecular weight is 392 g/mol. The molecule has 124 valence electrons. The molecule has 0 heterocycles. The number of anilines is 1. The first-order valence-electron chi connectivity index (χ1n) is 6.99. The molecule has 0 fully saturated rings. The van der Waals surface area contributed by atoms with E-state index in [0.29, 0.717) is 16.9 Å². The number of carbonyl (C=O) groups excluding carboxylic acids is 2. The van der Waals surface area contributed by atoms with Crippen LogP contribution in [0.5, 0.6) is 0 Å². The Hall–Kier alpha value is -2.67. The Balaban J connectivity index is 1.78. The van der Waals surface area contributed by atoms with Gasteiger partial charge in [0.1, 0.15) is 5.82 Å². The van der Waals surface area contributed by atoms with Crippen LogP contribution >= 0.6 is 15.9 Å². The molecule has 24 heavy (non-hydrogen) atoms. The van der Waals surface area contributed by atoms with Crippen molar-refractivity contribution in [1.29, 1.82) is 0 Å². The van der Waals surface area contributed by atoms with Crippen LogP contribution in [0, 0.1) is 5.82 Å². The zero-order valence-electron chi connectivity index (χ0n) is 12.6. The number of hydrazine groups is 1. The molecule has 2 aromatic rings. The molecule has 2 aromatic carbocycles. The molecule has 0 unspecified atom stereocenters. The Morgan fingerprint density at radius 2 is 1.62 bits per heavy atom. The molecule has 0 saturated carbocycles. The minimum Gasteiger partial charge on any atom is -0.326 e. The van der Waals surface area contributed by atoms with E-state index in [1.54, 1.807) is 24.3 Å². The Labute approximate surface area is 147 Å². The normalized spacial score (nSPS) is 9.92. The lowest BCUT2D eigenvalue weighted by Crippen LogP contribution is -2.37. The molecule has 0 aliphatic rings. The van der Waals surface area contributed by atoms with Crippen LogP contribution in [0.4, 0.5) is 10.1 Å². The number of rotatable bonds is 6. The van der Waals surface area contributed by atoms with Crippen molar-refractivity contribution in [3.8, 4) is 0 Å². The van der Waals surface area contributed by atoms with Crippen LogP contribution in [-0.2, 0) is 4.79 Å². The van der Waals surface area contributed by atoms with Gasteiger partial charge in [0.2, 0.25) is 5.91 Å². The van der Waals surface area contributed by atoms with E-state index in [0.717, 1.165) is 4.47 Å². The number of benzene rings is 2. The molecule has 0 radical (unpaired) electrons. The summed E-state index contributed by atoms with van der Waals surface area (Å²) >= 11 is 3.29. The van der Waals surface area contributed by atoms with Gasteiger partial charge in [-0.2, -0.15) is 0 Å². The molecule has 2 rings (SSSR count). The van der Waals surface area contributed by atoms with Crippen LogP contribution in [0.15, 0.2) is 65.3 Å². The zero-order valence-corrected chi connectivity index (χ0v) is 14.2. The van der Waals surface area contributed by atoms with Crippen molar-refractivity contribution in [1.82, 2.24) is 10.9 Å². The zero-order chi connectivity index (χ0) is 17.5. The standard InChI is InChI=1S/C17H15BrFN3O2/c1-11(10-16(23)20-15-8-6-14(19)7-9-15)21-22-17(24)12-2-4-13(18)5-3-12/h2-9,21H,1,10H2,(H,20,23)(H,22,24). The van der Waals surface area contributed by atoms with Crippen molar-refractivity contribution in [2.24, 2.45) is 0 Å². The van der Waals surface area contributed by atoms with Crippen molar-refractivity contribution >= 4 is 33.4 Å². The third kappa shape index (κ3) is 5.51. The predicted molar refractivity (Wildman–Crippen MR) is 93.5 cm³/mol. The van der Waals surface area contributed by atoms with E-state index in [4.69, 9.17) is 0 Å². The summed E-state index contributed by atoms with van der Waals surface area (Å²) in [4.78, 5) is 23.7. The molecule has 7 heteroatoms. The molecule has 0 aliphatic heterocycles. The van der Waals surface area contributed by atoms with E-state index in [2.05, 4.69) is 38.7 Å². The van der Waals surface area contributed by atoms with Crippen molar-refractivity contribution in [2.45, 2.75) is 6.42 Å². The highest BCUT2D eigenvalue weighted by molar-refractivity contribution is 9.10. The van der Waals surface area contributed by atoms with Crippen molar-refractivity contribution in [3.05, 3.63) is 76.7 Å². The SMILES string of the molecule is C=C(CC(=O)Nc1ccc(F)cc1)NNC(=O)c1ccc(Br)cc1. The van der Waals surface area contributed by atoms with Gasteiger partial charge in [0.25, 0.3) is 5.91 Å². The van der Waals surface area contributed by atoms with Gasteiger partial charge in [0, 0.05) is 21.4 Å². The first-order valence-corrected chi connectivity index (χ1v) is 7.78. The lowest BCUT2D eigenvalue weighted by molar-refractivity contribution is -0.115. The average Bonchev–Trinajstić information content (AvgIpc) is 2.55. The molecule has 3 N–H and O–H groups in total. The highest BCUT2D eigenvalue weighted by Crippen LogP contribution is 2.11. The molecule has 0 atom stereocenters. The van der Waals surface area contributed by atoms with Gasteiger partial charge in [-0.25, -0.2) is 4.39 Å². The molecule has 0 saturated heterocycles. The molecule has 0 bridgehead atoms. The molecule has 5 nitrogen and oxygen atoms in total. The Morgan fingerprint density at radius 3 is 2.25 bits per heavy atom. The van der Waals surface area contributed by atoms with E-state index < -0.39 is 0 Å². The smallest absolute Gasteiger partial charge is 0.269 e. The molecule has 0 spiro atoms. The van der Waals surface area contributed by atoms with Crippen LogP contribution in [0.25, 0.3) is 0 Å². The van der Waals surface area contributed by atoms with Crippen molar-refractivity contribution < 1.29 is 14.0 Å². The van der Waals surface area contributed by atoms with E-state index in [-0.39, 0.29) is 24.1 Å². The second-order valence-electron chi connectivity index (χ2n) is 4.92. The first kappa shape index (κ1) is 17.7. The molecular formula is C17H15BrFN3O2. The van der Waals surface area contributed by atoms with Crippen LogP contribution in [0.1, 0.15) is 16.8 Å². The Morgan fingerprint density at radius 1 is 1.00 bits per heavy atom. The van der Waals surface area contributed by atoms with E-state index >= 15 is 0 Å². The number of carbonyl (C=O) groups is 2. The fraction of sp³-hybridized carbons (Fsp3) is 0.0588. The van der Waals surface area contributed by atoms with Gasteiger partial charge in [-0.1, -0.05) is 22.5 Å². The second kappa shape index (κ2) is 8.26. The maximum atomic E-state index is 12.8. The summed E-state index contributed by atoms with van der Waals surface area (Å²) in [7, 11) is 0. The largest absolute Gasteiger partial charge is 0.326 e. The summed E-state index contributed by atoms with van der Waals surface area (Å²) in [6.45, 7) is 3.68. The minimum atomic E-state index is -0.380. The van der Waals surface area contributed by atoms with Gasteiger partial charge in [0.15, 0.2) is 0 Å². The lowest BCUT2D eigenvalue weighted by Gasteiger charge is -2.11. The summed E-state index contributed by atoms with van der Waals surface area (Å²) in [5.41, 5.74) is 6.32. The van der Waals surface area contributed by atoms with Crippen LogP contribution in [-0.4, -0.2) is 11.8 Å². The summed E-state index contributed by atoms with van der Waals surface area (Å²) in [6, 6.07) is 12.2. The third-order valence-corrected chi connectivity index (χ3v) is 3.49. The van der Waals surface area contributed by atoms with E-state index in [1.807, 2.05) is 0 Å². The molecule has 0 aromatic heterocycles. The fourth-order valence-corrected chi connectivity index (χ4v) is 2.06. The fourth-order valence-electron chi connectivity index (χ4n) is 1.79. The molecule has 2 amide bonds. The highest BCUT2D eigenvalue weighted by Gasteiger charge is 2.08. The Kier molecular flexibility index (Phi) is 6.08. The molecular weight excluding hydrogens is 377 g/mol. The summed E-state index contributed by atoms with van der Waals surface area (Å²) in [5.74, 6) is -1.06. The van der Waals surface area contributed by atoms with Gasteiger partial charge in [-0.05, 0) is 48.5 Å². The number of hydrogen-bond donors (Lipinski definition) is 3. The molecule has 0 aliphatic carbocycles. The van der Waals surface area contributed by atoms with Crippen molar-refractivity contribution in [2.75, 3.05) is 5.32 Å². The lowest BCUT2D eigenvalue weighted by atomic mass is 10.2. The summed E-state index contributed by atoms with van der Waals surface area (Å²) < 4.78 is 13.7. The van der Waals surface area contributed by atoms with Crippen LogP contribution in [0.3, 0.4) is 0 Å². The number of nitrogens with one attached hydrogen (secondary N) is 3. The number of hydrogen-bond acceptors (Lipinski definition) is 3. The van der Waals surface area contributed by atoms with Gasteiger partial charge in [-0.15, -0.1) is 0 Å². The van der Waals surface area contributed by atoms with Gasteiger partial charge >= 0.3 is 0 Å². The number of halogens is 2. The Bertz CT molecular complexity index is 745. The number of amides is 2. The topological polar surface area (TPSA) is 70.2 Å². The second-order valence-corrected chi connectivity index (χ2v) is 5.84. The highest BCUT2D eigenvalue weighted by atomic mass is 79.9. The van der Waals surface area contributed by atoms with Crippen LogP contribution in [0.2, 0.25) is 0 Å².